The van der Waals surface area contributed by atoms with Gasteiger partial charge in [-0.1, -0.05) is 22.9 Å². The third-order valence-electron chi connectivity index (χ3n) is 2.88. The smallest absolute Gasteiger partial charge is 0.407 e. The summed E-state index contributed by atoms with van der Waals surface area (Å²) in [7, 11) is 0. The Labute approximate surface area is 119 Å². The molecule has 0 radical (unpaired) electrons. The lowest BCUT2D eigenvalue weighted by Crippen LogP contribution is -2.59. The number of amides is 1. The van der Waals surface area contributed by atoms with Crippen LogP contribution in [0.25, 0.3) is 0 Å². The number of ether oxygens (including phenoxy) is 1. The van der Waals surface area contributed by atoms with E-state index in [2.05, 4.69) is 33.1 Å². The van der Waals surface area contributed by atoms with Crippen LogP contribution in [0.5, 0.6) is 0 Å². The van der Waals surface area contributed by atoms with E-state index >= 15 is 0 Å². The molecular weight excluding hydrogens is 296 g/mol. The minimum absolute atomic E-state index is 0.249. The Bertz CT molecular complexity index is 273. The molecule has 5 heteroatoms. The van der Waals surface area contributed by atoms with Gasteiger partial charge in [-0.25, -0.2) is 4.79 Å². The van der Waals surface area contributed by atoms with Crippen LogP contribution >= 0.6 is 15.9 Å². The third kappa shape index (κ3) is 6.05. The molecule has 1 aliphatic heterocycles. The van der Waals surface area contributed by atoms with Gasteiger partial charge in [0, 0.05) is 18.4 Å². The van der Waals surface area contributed by atoms with Crippen molar-refractivity contribution in [3.63, 3.8) is 0 Å². The molecule has 18 heavy (non-hydrogen) atoms. The van der Waals surface area contributed by atoms with Crippen molar-refractivity contribution in [2.75, 3.05) is 25.0 Å². The Balaban J connectivity index is 2.10. The quantitative estimate of drug-likeness (QED) is 0.792. The summed E-state index contributed by atoms with van der Waals surface area (Å²) in [5.41, 5.74) is -0.418. The van der Waals surface area contributed by atoms with E-state index in [-0.39, 0.29) is 12.1 Å². The zero-order valence-corrected chi connectivity index (χ0v) is 13.4. The number of likely N-dealkylation sites (tertiary alicyclic amines) is 1. The molecule has 1 fully saturated rings. The highest BCUT2D eigenvalue weighted by Crippen LogP contribution is 2.13. The Morgan fingerprint density at radius 1 is 1.50 bits per heavy atom. The van der Waals surface area contributed by atoms with Crippen LogP contribution in [0.3, 0.4) is 0 Å². The summed E-state index contributed by atoms with van der Waals surface area (Å²) in [4.78, 5) is 13.9. The van der Waals surface area contributed by atoms with E-state index < -0.39 is 5.60 Å². The molecule has 1 aliphatic rings. The number of rotatable bonds is 5. The molecule has 0 aromatic carbocycles. The van der Waals surface area contributed by atoms with Crippen molar-refractivity contribution >= 4 is 22.0 Å². The largest absolute Gasteiger partial charge is 0.444 e. The van der Waals surface area contributed by atoms with Crippen molar-refractivity contribution in [2.45, 2.75) is 45.8 Å². The van der Waals surface area contributed by atoms with Crippen molar-refractivity contribution in [1.82, 2.24) is 10.2 Å². The second-order valence-corrected chi connectivity index (χ2v) is 6.80. The molecule has 1 atom stereocenters. The van der Waals surface area contributed by atoms with Gasteiger partial charge >= 0.3 is 6.09 Å². The van der Waals surface area contributed by atoms with Gasteiger partial charge in [-0.2, -0.15) is 0 Å². The van der Waals surface area contributed by atoms with Crippen LogP contribution in [-0.4, -0.2) is 47.6 Å². The Morgan fingerprint density at radius 3 is 2.61 bits per heavy atom. The number of alkyl carbamates (subject to hydrolysis) is 1. The van der Waals surface area contributed by atoms with E-state index in [1.807, 2.05) is 20.8 Å². The number of hydrogen-bond donors (Lipinski definition) is 1. The molecule has 0 aromatic heterocycles. The van der Waals surface area contributed by atoms with E-state index in [1.54, 1.807) is 0 Å². The van der Waals surface area contributed by atoms with Crippen LogP contribution in [0, 0.1) is 5.92 Å². The van der Waals surface area contributed by atoms with Gasteiger partial charge in [-0.05, 0) is 39.7 Å². The standard InChI is InChI=1S/C13H25BrN2O2/c1-10(7-14)5-6-16-8-11(9-16)15-12(17)18-13(2,3)4/h10-11H,5-9H2,1-4H3,(H,15,17). The molecular formula is C13H25BrN2O2. The number of nitrogens with zero attached hydrogens (tertiary/aromatic N) is 1. The van der Waals surface area contributed by atoms with Crippen LogP contribution in [-0.2, 0) is 4.74 Å². The number of carbonyl (C=O) groups is 1. The molecule has 106 valence electrons. The number of carbonyl (C=O) groups excluding carboxylic acids is 1. The first-order valence-electron chi connectivity index (χ1n) is 6.58. The van der Waals surface area contributed by atoms with E-state index in [4.69, 9.17) is 4.74 Å². The maximum atomic E-state index is 11.5. The van der Waals surface area contributed by atoms with E-state index in [1.165, 1.54) is 6.42 Å². The zero-order chi connectivity index (χ0) is 13.8. The predicted molar refractivity (Wildman–Crippen MR) is 77.2 cm³/mol. The van der Waals surface area contributed by atoms with E-state index in [0.29, 0.717) is 5.92 Å². The van der Waals surface area contributed by atoms with Gasteiger partial charge in [-0.3, -0.25) is 4.90 Å². The lowest BCUT2D eigenvalue weighted by Gasteiger charge is -2.40. The van der Waals surface area contributed by atoms with Crippen molar-refractivity contribution in [1.29, 1.82) is 0 Å². The molecule has 0 bridgehead atoms. The number of alkyl halides is 1. The summed E-state index contributed by atoms with van der Waals surface area (Å²) < 4.78 is 5.22. The summed E-state index contributed by atoms with van der Waals surface area (Å²) in [5, 5.41) is 3.95. The molecule has 1 amide bonds. The predicted octanol–water partition coefficient (Wildman–Crippen LogP) is 2.62. The minimum atomic E-state index is -0.418. The number of halogens is 1. The van der Waals surface area contributed by atoms with Gasteiger partial charge in [0.1, 0.15) is 5.60 Å². The van der Waals surface area contributed by atoms with Gasteiger partial charge in [-0.15, -0.1) is 0 Å². The Kier molecular flexibility index (Phi) is 5.92. The lowest BCUT2D eigenvalue weighted by molar-refractivity contribution is 0.0397. The van der Waals surface area contributed by atoms with Gasteiger partial charge in [0.25, 0.3) is 0 Å². The highest BCUT2D eigenvalue weighted by atomic mass is 79.9. The third-order valence-corrected chi connectivity index (χ3v) is 3.98. The molecule has 1 heterocycles. The van der Waals surface area contributed by atoms with Crippen LogP contribution in [0.1, 0.15) is 34.1 Å². The van der Waals surface area contributed by atoms with E-state index in [9.17, 15) is 4.79 Å². The molecule has 0 spiro atoms. The Morgan fingerprint density at radius 2 is 2.11 bits per heavy atom. The average Bonchev–Trinajstić information content (AvgIpc) is 2.17. The first-order chi connectivity index (χ1) is 8.30. The first-order valence-corrected chi connectivity index (χ1v) is 7.70. The monoisotopic (exact) mass is 320 g/mol. The van der Waals surface area contributed by atoms with Gasteiger partial charge in [0.15, 0.2) is 0 Å². The molecule has 1 N–H and O–H groups in total. The van der Waals surface area contributed by atoms with Gasteiger partial charge in [0.05, 0.1) is 6.04 Å². The molecule has 1 saturated heterocycles. The second-order valence-electron chi connectivity index (χ2n) is 6.15. The normalized spacial score (nSPS) is 19.2. The topological polar surface area (TPSA) is 41.6 Å². The SMILES string of the molecule is CC(CBr)CCN1CC(NC(=O)OC(C)(C)C)C1. The average molecular weight is 321 g/mol. The second kappa shape index (κ2) is 6.75. The number of hydrogen-bond acceptors (Lipinski definition) is 3. The number of nitrogens with one attached hydrogen (secondary N) is 1. The molecule has 1 rings (SSSR count). The van der Waals surface area contributed by atoms with Crippen LogP contribution in [0.4, 0.5) is 4.79 Å². The van der Waals surface area contributed by atoms with Gasteiger partial charge in [0.2, 0.25) is 0 Å². The fraction of sp³-hybridized carbons (Fsp3) is 0.923. The molecule has 4 nitrogen and oxygen atoms in total. The molecule has 0 aliphatic carbocycles. The van der Waals surface area contributed by atoms with Crippen molar-refractivity contribution in [3.05, 3.63) is 0 Å². The molecule has 0 aromatic rings. The van der Waals surface area contributed by atoms with Crippen LogP contribution in [0.15, 0.2) is 0 Å². The zero-order valence-electron chi connectivity index (χ0n) is 11.8. The summed E-state index contributed by atoms with van der Waals surface area (Å²) in [6, 6.07) is 0.249. The maximum Gasteiger partial charge on any atom is 0.407 e. The molecule has 0 saturated carbocycles. The van der Waals surface area contributed by atoms with Crippen LogP contribution < -0.4 is 5.32 Å². The lowest BCUT2D eigenvalue weighted by atomic mass is 10.1. The summed E-state index contributed by atoms with van der Waals surface area (Å²) >= 11 is 3.49. The Hall–Kier alpha value is -0.290. The van der Waals surface area contributed by atoms with E-state index in [0.717, 1.165) is 25.0 Å². The maximum absolute atomic E-state index is 11.5. The van der Waals surface area contributed by atoms with Gasteiger partial charge < -0.3 is 10.1 Å². The summed E-state index contributed by atoms with van der Waals surface area (Å²) in [5.74, 6) is 0.711. The van der Waals surface area contributed by atoms with Crippen molar-refractivity contribution < 1.29 is 9.53 Å². The first kappa shape index (κ1) is 15.8. The molecule has 1 unspecified atom stereocenters. The summed E-state index contributed by atoms with van der Waals surface area (Å²) in [6.07, 6.45) is 0.894. The van der Waals surface area contributed by atoms with Crippen LogP contribution in [0.2, 0.25) is 0 Å². The highest BCUT2D eigenvalue weighted by Gasteiger charge is 2.29. The van der Waals surface area contributed by atoms with Crippen molar-refractivity contribution in [2.24, 2.45) is 5.92 Å². The highest BCUT2D eigenvalue weighted by molar-refractivity contribution is 9.09. The summed E-state index contributed by atoms with van der Waals surface area (Å²) in [6.45, 7) is 10.9. The fourth-order valence-corrected chi connectivity index (χ4v) is 2.12. The minimum Gasteiger partial charge on any atom is -0.444 e. The fourth-order valence-electron chi connectivity index (χ4n) is 1.80. The van der Waals surface area contributed by atoms with Crippen molar-refractivity contribution in [3.8, 4) is 0 Å².